The summed E-state index contributed by atoms with van der Waals surface area (Å²) in [5.41, 5.74) is 5.90. The summed E-state index contributed by atoms with van der Waals surface area (Å²) in [7, 11) is -2.14. The molecule has 18 heavy (non-hydrogen) atoms. The molecule has 0 aliphatic heterocycles. The van der Waals surface area contributed by atoms with E-state index in [-0.39, 0.29) is 21.9 Å². The van der Waals surface area contributed by atoms with Crippen LogP contribution in [0.5, 0.6) is 0 Å². The van der Waals surface area contributed by atoms with Crippen molar-refractivity contribution in [1.29, 1.82) is 0 Å². The first-order chi connectivity index (χ1) is 8.42. The number of nitrogen functional groups attached to an aromatic ring is 1. The number of methoxy groups -OCH3 is 1. The van der Waals surface area contributed by atoms with Gasteiger partial charge in [0, 0.05) is 5.69 Å². The smallest absolute Gasteiger partial charge is 0.339 e. The highest BCUT2D eigenvalue weighted by molar-refractivity contribution is 7.91. The van der Waals surface area contributed by atoms with Crippen LogP contribution in [0.15, 0.2) is 23.1 Å². The molecule has 0 fully saturated rings. The maximum absolute atomic E-state index is 12.0. The van der Waals surface area contributed by atoms with Gasteiger partial charge < -0.3 is 10.5 Å². The van der Waals surface area contributed by atoms with Crippen LogP contribution in [0.4, 0.5) is 5.69 Å². The predicted octanol–water partition coefficient (Wildman–Crippen LogP) is 1.63. The van der Waals surface area contributed by atoms with Crippen molar-refractivity contribution < 1.29 is 17.9 Å². The Labute approximate surface area is 107 Å². The molecule has 0 bridgehead atoms. The van der Waals surface area contributed by atoms with E-state index in [9.17, 15) is 13.2 Å². The molecule has 6 heteroatoms. The van der Waals surface area contributed by atoms with Gasteiger partial charge in [-0.2, -0.15) is 0 Å². The largest absolute Gasteiger partial charge is 0.465 e. The van der Waals surface area contributed by atoms with Crippen molar-refractivity contribution in [3.05, 3.63) is 23.8 Å². The van der Waals surface area contributed by atoms with E-state index in [4.69, 9.17) is 5.73 Å². The van der Waals surface area contributed by atoms with E-state index < -0.39 is 15.8 Å². The Morgan fingerprint density at radius 1 is 1.39 bits per heavy atom. The lowest BCUT2D eigenvalue weighted by Crippen LogP contribution is -2.10. The summed E-state index contributed by atoms with van der Waals surface area (Å²) in [6.07, 6.45) is 1.37. The van der Waals surface area contributed by atoms with E-state index in [0.717, 1.165) is 6.42 Å². The van der Waals surface area contributed by atoms with Gasteiger partial charge in [-0.1, -0.05) is 13.3 Å². The van der Waals surface area contributed by atoms with Crippen LogP contribution in [0.3, 0.4) is 0 Å². The summed E-state index contributed by atoms with van der Waals surface area (Å²) < 4.78 is 28.5. The van der Waals surface area contributed by atoms with Crippen molar-refractivity contribution in [2.75, 3.05) is 18.6 Å². The fourth-order valence-electron chi connectivity index (χ4n) is 1.47. The van der Waals surface area contributed by atoms with Crippen LogP contribution in [0.25, 0.3) is 0 Å². The van der Waals surface area contributed by atoms with Gasteiger partial charge in [0.05, 0.1) is 23.3 Å². The minimum absolute atomic E-state index is 0.0635. The van der Waals surface area contributed by atoms with Gasteiger partial charge in [0.2, 0.25) is 0 Å². The van der Waals surface area contributed by atoms with Crippen molar-refractivity contribution >= 4 is 21.5 Å². The molecule has 0 atom stereocenters. The average Bonchev–Trinajstić information content (AvgIpc) is 2.35. The zero-order valence-corrected chi connectivity index (χ0v) is 11.3. The third kappa shape index (κ3) is 3.22. The summed E-state index contributed by atoms with van der Waals surface area (Å²) in [4.78, 5) is 11.5. The van der Waals surface area contributed by atoms with Crippen LogP contribution >= 0.6 is 0 Å². The second kappa shape index (κ2) is 5.86. The maximum Gasteiger partial charge on any atom is 0.339 e. The molecular formula is C12H17NO4S. The molecule has 0 amide bonds. The quantitative estimate of drug-likeness (QED) is 0.649. The number of benzene rings is 1. The molecule has 1 aromatic carbocycles. The molecule has 0 aliphatic rings. The van der Waals surface area contributed by atoms with Gasteiger partial charge in [0.25, 0.3) is 0 Å². The topological polar surface area (TPSA) is 86.5 Å². The molecule has 2 N–H and O–H groups in total. The average molecular weight is 271 g/mol. The van der Waals surface area contributed by atoms with Gasteiger partial charge in [-0.15, -0.1) is 0 Å². The number of sulfone groups is 1. The van der Waals surface area contributed by atoms with Crippen molar-refractivity contribution in [1.82, 2.24) is 0 Å². The van der Waals surface area contributed by atoms with E-state index in [2.05, 4.69) is 4.74 Å². The fraction of sp³-hybridized carbons (Fsp3) is 0.417. The van der Waals surface area contributed by atoms with E-state index >= 15 is 0 Å². The summed E-state index contributed by atoms with van der Waals surface area (Å²) in [6, 6.07) is 4.09. The Kier molecular flexibility index (Phi) is 4.72. The number of rotatable bonds is 5. The lowest BCUT2D eigenvalue weighted by Gasteiger charge is -2.08. The van der Waals surface area contributed by atoms with Gasteiger partial charge in [-0.25, -0.2) is 13.2 Å². The summed E-state index contributed by atoms with van der Waals surface area (Å²) in [5.74, 6) is -0.575. The van der Waals surface area contributed by atoms with Crippen molar-refractivity contribution in [3.8, 4) is 0 Å². The third-order valence-corrected chi connectivity index (χ3v) is 4.35. The SMILES string of the molecule is CCCCS(=O)(=O)c1ccc(N)c(C(=O)OC)c1. The van der Waals surface area contributed by atoms with Gasteiger partial charge in [0.15, 0.2) is 9.84 Å². The molecule has 0 aliphatic carbocycles. The first kappa shape index (κ1) is 14.5. The van der Waals surface area contributed by atoms with Gasteiger partial charge in [0.1, 0.15) is 0 Å². The Bertz CT molecular complexity index is 537. The molecule has 0 unspecified atom stereocenters. The molecule has 100 valence electrons. The van der Waals surface area contributed by atoms with Crippen LogP contribution in [-0.4, -0.2) is 27.2 Å². The third-order valence-electron chi connectivity index (χ3n) is 2.56. The minimum Gasteiger partial charge on any atom is -0.465 e. The number of hydrogen-bond acceptors (Lipinski definition) is 5. The number of carbonyl (C=O) groups is 1. The van der Waals surface area contributed by atoms with E-state index in [1.807, 2.05) is 6.92 Å². The van der Waals surface area contributed by atoms with E-state index in [1.165, 1.54) is 25.3 Å². The fourth-order valence-corrected chi connectivity index (χ4v) is 2.94. The second-order valence-electron chi connectivity index (χ2n) is 3.91. The molecule has 0 saturated heterocycles. The zero-order chi connectivity index (χ0) is 13.8. The number of ether oxygens (including phenoxy) is 1. The molecule has 0 spiro atoms. The Hall–Kier alpha value is -1.56. The van der Waals surface area contributed by atoms with Crippen molar-refractivity contribution in [3.63, 3.8) is 0 Å². The number of unbranched alkanes of at least 4 members (excludes halogenated alkanes) is 1. The van der Waals surface area contributed by atoms with Crippen LogP contribution in [-0.2, 0) is 14.6 Å². The first-order valence-electron chi connectivity index (χ1n) is 5.63. The molecule has 1 aromatic rings. The van der Waals surface area contributed by atoms with Gasteiger partial charge in [-0.05, 0) is 24.6 Å². The van der Waals surface area contributed by atoms with Crippen LogP contribution < -0.4 is 5.73 Å². The normalized spacial score (nSPS) is 11.2. The maximum atomic E-state index is 12.0. The summed E-state index contributed by atoms with van der Waals surface area (Å²) >= 11 is 0. The Morgan fingerprint density at radius 3 is 2.61 bits per heavy atom. The van der Waals surface area contributed by atoms with Crippen molar-refractivity contribution in [2.24, 2.45) is 0 Å². The number of nitrogens with two attached hydrogens (primary N) is 1. The lowest BCUT2D eigenvalue weighted by molar-refractivity contribution is 0.0601. The predicted molar refractivity (Wildman–Crippen MR) is 69.2 cm³/mol. The van der Waals surface area contributed by atoms with Gasteiger partial charge in [-0.3, -0.25) is 0 Å². The Morgan fingerprint density at radius 2 is 2.06 bits per heavy atom. The highest BCUT2D eigenvalue weighted by atomic mass is 32.2. The second-order valence-corrected chi connectivity index (χ2v) is 6.02. The van der Waals surface area contributed by atoms with E-state index in [1.54, 1.807) is 0 Å². The first-order valence-corrected chi connectivity index (χ1v) is 7.28. The zero-order valence-electron chi connectivity index (χ0n) is 10.5. The summed E-state index contributed by atoms with van der Waals surface area (Å²) in [6.45, 7) is 1.92. The molecule has 1 rings (SSSR count). The molecule has 0 heterocycles. The number of anilines is 1. The number of esters is 1. The van der Waals surface area contributed by atoms with Crippen molar-refractivity contribution in [2.45, 2.75) is 24.7 Å². The highest BCUT2D eigenvalue weighted by Gasteiger charge is 2.18. The molecular weight excluding hydrogens is 254 g/mol. The standard InChI is InChI=1S/C12H17NO4S/c1-3-4-7-18(15,16)9-5-6-11(13)10(8-9)12(14)17-2/h5-6,8H,3-4,7,13H2,1-2H3. The van der Waals surface area contributed by atoms with E-state index in [0.29, 0.717) is 6.42 Å². The van der Waals surface area contributed by atoms with Crippen LogP contribution in [0.2, 0.25) is 0 Å². The number of carbonyl (C=O) groups excluding carboxylic acids is 1. The Balaban J connectivity index is 3.16. The number of hydrogen-bond donors (Lipinski definition) is 1. The molecule has 5 nitrogen and oxygen atoms in total. The molecule has 0 aromatic heterocycles. The minimum atomic E-state index is -3.37. The lowest BCUT2D eigenvalue weighted by atomic mass is 10.2. The summed E-state index contributed by atoms with van der Waals surface area (Å²) in [5, 5.41) is 0. The van der Waals surface area contributed by atoms with Crippen LogP contribution in [0.1, 0.15) is 30.1 Å². The monoisotopic (exact) mass is 271 g/mol. The molecule has 0 saturated carbocycles. The van der Waals surface area contributed by atoms with Gasteiger partial charge >= 0.3 is 5.97 Å². The molecule has 0 radical (unpaired) electrons. The highest BCUT2D eigenvalue weighted by Crippen LogP contribution is 2.20. The van der Waals surface area contributed by atoms with Crippen LogP contribution in [0, 0.1) is 0 Å².